The highest BCUT2D eigenvalue weighted by molar-refractivity contribution is 7.89. The number of hydrogen-bond acceptors (Lipinski definition) is 8. The van der Waals surface area contributed by atoms with Crippen LogP contribution in [-0.4, -0.2) is 77.8 Å². The summed E-state index contributed by atoms with van der Waals surface area (Å²) in [5.41, 5.74) is 1.26. The summed E-state index contributed by atoms with van der Waals surface area (Å²) < 4.78 is 56.1. The molecule has 12 nitrogen and oxygen atoms in total. The molecule has 15 heteroatoms. The minimum absolute atomic E-state index is 0.0887. The molecule has 4 heterocycles. The zero-order chi connectivity index (χ0) is 32.8. The standard InChI is InChI=1S/C31H32F2N8O4S/c1-31(2)27-25(18-41(31)46(44,45)23-15-20(32)14-21(33)16-23)28(38-37-27)36-30(43)24-5-4-22(40-12-10-39(3)11-13-40)17-26(24)35-29(42)19-6-8-34-9-7-19/h4-9,14-17H,10-13,18H2,1-3H3,(H,35,42)(H2,36,37,38,43). The van der Waals surface area contributed by atoms with Crippen LogP contribution in [0.5, 0.6) is 0 Å². The molecule has 0 spiro atoms. The summed E-state index contributed by atoms with van der Waals surface area (Å²) in [6.07, 6.45) is 2.99. The molecule has 2 aromatic carbocycles. The van der Waals surface area contributed by atoms with E-state index in [2.05, 4.69) is 35.6 Å². The molecule has 0 radical (unpaired) electrons. The average Bonchev–Trinajstić information content (AvgIpc) is 3.55. The van der Waals surface area contributed by atoms with Crippen LogP contribution in [0.25, 0.3) is 0 Å². The quantitative estimate of drug-likeness (QED) is 0.274. The van der Waals surface area contributed by atoms with Crippen molar-refractivity contribution < 1.29 is 26.8 Å². The Labute approximate surface area is 264 Å². The van der Waals surface area contributed by atoms with E-state index in [1.54, 1.807) is 38.1 Å². The van der Waals surface area contributed by atoms with Crippen molar-refractivity contribution in [3.63, 3.8) is 0 Å². The summed E-state index contributed by atoms with van der Waals surface area (Å²) in [6, 6.07) is 10.4. The summed E-state index contributed by atoms with van der Waals surface area (Å²) >= 11 is 0. The molecule has 4 aromatic rings. The Kier molecular flexibility index (Phi) is 8.08. The lowest BCUT2D eigenvalue weighted by atomic mass is 10.0. The van der Waals surface area contributed by atoms with Gasteiger partial charge in [-0.15, -0.1) is 0 Å². The Bertz CT molecular complexity index is 1910. The minimum atomic E-state index is -4.36. The van der Waals surface area contributed by atoms with E-state index in [0.717, 1.165) is 48.3 Å². The van der Waals surface area contributed by atoms with Crippen LogP contribution in [0.3, 0.4) is 0 Å². The average molecular weight is 651 g/mol. The molecule has 1 saturated heterocycles. The lowest BCUT2D eigenvalue weighted by molar-refractivity contribution is 0.102. The number of pyridine rings is 1. The molecule has 2 aliphatic rings. The van der Waals surface area contributed by atoms with Gasteiger partial charge in [-0.3, -0.25) is 19.7 Å². The third-order valence-corrected chi connectivity index (χ3v) is 10.4. The van der Waals surface area contributed by atoms with E-state index in [-0.39, 0.29) is 23.6 Å². The number of anilines is 3. The van der Waals surface area contributed by atoms with Gasteiger partial charge in [-0.25, -0.2) is 17.2 Å². The Morgan fingerprint density at radius 3 is 2.26 bits per heavy atom. The van der Waals surface area contributed by atoms with Gasteiger partial charge < -0.3 is 20.4 Å². The van der Waals surface area contributed by atoms with Gasteiger partial charge in [-0.1, -0.05) is 0 Å². The first-order valence-electron chi connectivity index (χ1n) is 14.5. The fraction of sp³-hybridized carbons (Fsp3) is 0.290. The summed E-state index contributed by atoms with van der Waals surface area (Å²) in [7, 11) is -2.31. The van der Waals surface area contributed by atoms with Crippen molar-refractivity contribution in [3.8, 4) is 0 Å². The molecule has 0 saturated carbocycles. The molecular formula is C31H32F2N8O4S. The summed E-state index contributed by atoms with van der Waals surface area (Å²) in [4.78, 5) is 34.7. The number of rotatable bonds is 7. The number of benzene rings is 2. The van der Waals surface area contributed by atoms with Crippen LogP contribution in [0.4, 0.5) is 26.0 Å². The van der Waals surface area contributed by atoms with Gasteiger partial charge in [-0.2, -0.15) is 9.40 Å². The number of likely N-dealkylation sites (N-methyl/N-ethyl adjacent to an activating group) is 1. The number of sulfonamides is 1. The second-order valence-corrected chi connectivity index (χ2v) is 13.6. The van der Waals surface area contributed by atoms with Crippen LogP contribution in [0.2, 0.25) is 0 Å². The minimum Gasteiger partial charge on any atom is -0.369 e. The second kappa shape index (κ2) is 11.9. The first-order valence-corrected chi connectivity index (χ1v) is 16.0. The van der Waals surface area contributed by atoms with Gasteiger partial charge in [0.05, 0.1) is 27.4 Å². The van der Waals surface area contributed by atoms with E-state index in [1.807, 2.05) is 13.1 Å². The summed E-state index contributed by atoms with van der Waals surface area (Å²) in [5, 5.41) is 12.7. The van der Waals surface area contributed by atoms with Gasteiger partial charge in [-0.05, 0) is 63.4 Å². The number of amides is 2. The van der Waals surface area contributed by atoms with Gasteiger partial charge in [0, 0.05) is 68.0 Å². The topological polar surface area (TPSA) is 144 Å². The number of H-pyrrole nitrogens is 1. The predicted octanol–water partition coefficient (Wildman–Crippen LogP) is 3.78. The molecule has 46 heavy (non-hydrogen) atoms. The third kappa shape index (κ3) is 5.84. The van der Waals surface area contributed by atoms with Gasteiger partial charge >= 0.3 is 0 Å². The SMILES string of the molecule is CN1CCN(c2ccc(C(=O)Nc3n[nH]c4c3CN(S(=O)(=O)c3cc(F)cc(F)c3)C4(C)C)c(NC(=O)c3ccncc3)c2)CC1. The van der Waals surface area contributed by atoms with Crippen LogP contribution < -0.4 is 15.5 Å². The first kappa shape index (κ1) is 31.3. The fourth-order valence-corrected chi connectivity index (χ4v) is 7.52. The number of aromatic nitrogens is 3. The van der Waals surface area contributed by atoms with Crippen LogP contribution in [0.15, 0.2) is 65.8 Å². The number of piperazine rings is 1. The van der Waals surface area contributed by atoms with E-state index in [4.69, 9.17) is 0 Å². The molecule has 240 valence electrons. The normalized spacial score (nSPS) is 16.7. The number of halogens is 2. The molecular weight excluding hydrogens is 618 g/mol. The lowest BCUT2D eigenvalue weighted by Gasteiger charge is -2.34. The molecule has 0 atom stereocenters. The van der Waals surface area contributed by atoms with Crippen molar-refractivity contribution >= 4 is 39.0 Å². The first-order chi connectivity index (χ1) is 21.8. The van der Waals surface area contributed by atoms with Crippen LogP contribution in [0.1, 0.15) is 45.8 Å². The van der Waals surface area contributed by atoms with Crippen LogP contribution in [0, 0.1) is 11.6 Å². The van der Waals surface area contributed by atoms with Crippen molar-refractivity contribution in [2.45, 2.75) is 30.8 Å². The molecule has 0 bridgehead atoms. The number of carbonyl (C=O) groups excluding carboxylic acids is 2. The molecule has 1 fully saturated rings. The van der Waals surface area contributed by atoms with E-state index < -0.39 is 43.9 Å². The maximum absolute atomic E-state index is 13.9. The summed E-state index contributed by atoms with van der Waals surface area (Å²) in [6.45, 7) is 6.31. The smallest absolute Gasteiger partial charge is 0.258 e. The molecule has 2 aromatic heterocycles. The van der Waals surface area contributed by atoms with E-state index in [1.165, 1.54) is 12.4 Å². The maximum Gasteiger partial charge on any atom is 0.258 e. The zero-order valence-electron chi connectivity index (χ0n) is 25.3. The Morgan fingerprint density at radius 2 is 1.59 bits per heavy atom. The third-order valence-electron chi connectivity index (χ3n) is 8.37. The molecule has 6 rings (SSSR count). The highest BCUT2D eigenvalue weighted by atomic mass is 32.2. The van der Waals surface area contributed by atoms with Crippen molar-refractivity contribution in [1.29, 1.82) is 0 Å². The molecule has 3 N–H and O–H groups in total. The number of nitrogens with one attached hydrogen (secondary N) is 3. The number of nitrogens with zero attached hydrogens (tertiary/aromatic N) is 5. The lowest BCUT2D eigenvalue weighted by Crippen LogP contribution is -2.44. The van der Waals surface area contributed by atoms with Crippen molar-refractivity contribution in [2.75, 3.05) is 48.8 Å². The number of aromatic amines is 1. The molecule has 2 amide bonds. The Balaban J connectivity index is 1.29. The van der Waals surface area contributed by atoms with Gasteiger partial charge in [0.2, 0.25) is 10.0 Å². The van der Waals surface area contributed by atoms with Gasteiger partial charge in [0.15, 0.2) is 5.82 Å². The van der Waals surface area contributed by atoms with Crippen molar-refractivity contribution in [1.82, 2.24) is 24.4 Å². The predicted molar refractivity (Wildman–Crippen MR) is 167 cm³/mol. The largest absolute Gasteiger partial charge is 0.369 e. The molecule has 2 aliphatic heterocycles. The number of hydrogen-bond donors (Lipinski definition) is 3. The van der Waals surface area contributed by atoms with E-state index in [9.17, 15) is 26.8 Å². The summed E-state index contributed by atoms with van der Waals surface area (Å²) in [5.74, 6) is -2.96. The van der Waals surface area contributed by atoms with Gasteiger partial charge in [0.25, 0.3) is 11.8 Å². The van der Waals surface area contributed by atoms with Crippen molar-refractivity contribution in [3.05, 3.63) is 94.9 Å². The fourth-order valence-electron chi connectivity index (χ4n) is 5.75. The molecule has 0 unspecified atom stereocenters. The highest BCUT2D eigenvalue weighted by Gasteiger charge is 2.48. The monoisotopic (exact) mass is 650 g/mol. The van der Waals surface area contributed by atoms with E-state index in [0.29, 0.717) is 22.9 Å². The Hall–Kier alpha value is -4.73. The van der Waals surface area contributed by atoms with Gasteiger partial charge in [0.1, 0.15) is 11.6 Å². The molecule has 0 aliphatic carbocycles. The zero-order valence-corrected chi connectivity index (χ0v) is 26.2. The van der Waals surface area contributed by atoms with Crippen LogP contribution in [-0.2, 0) is 22.1 Å². The van der Waals surface area contributed by atoms with E-state index >= 15 is 0 Å². The maximum atomic E-state index is 13.9. The highest BCUT2D eigenvalue weighted by Crippen LogP contribution is 2.44. The van der Waals surface area contributed by atoms with Crippen LogP contribution >= 0.6 is 0 Å². The van der Waals surface area contributed by atoms with Crippen molar-refractivity contribution in [2.24, 2.45) is 0 Å². The number of fused-ring (bicyclic) bond motifs is 1. The Morgan fingerprint density at radius 1 is 0.913 bits per heavy atom. The number of carbonyl (C=O) groups is 2. The second-order valence-electron chi connectivity index (χ2n) is 11.8.